The molecule has 15 heavy (non-hydrogen) atoms. The highest BCUT2D eigenvalue weighted by atomic mass is 32.1. The van der Waals surface area contributed by atoms with Crippen LogP contribution < -0.4 is 5.32 Å². The monoisotopic (exact) mass is 228 g/mol. The molecule has 0 saturated carbocycles. The molecule has 1 heterocycles. The van der Waals surface area contributed by atoms with Crippen LogP contribution in [0.4, 0.5) is 0 Å². The molecule has 4 nitrogen and oxygen atoms in total. The highest BCUT2D eigenvalue weighted by Gasteiger charge is 2.38. The molecule has 0 spiro atoms. The first-order valence-corrected chi connectivity index (χ1v) is 5.76. The Morgan fingerprint density at radius 2 is 2.47 bits per heavy atom. The molecule has 0 bridgehead atoms. The molecule has 0 aliphatic carbocycles. The van der Waals surface area contributed by atoms with Crippen molar-refractivity contribution in [3.63, 3.8) is 0 Å². The van der Waals surface area contributed by atoms with Crippen molar-refractivity contribution in [2.24, 2.45) is 0 Å². The van der Waals surface area contributed by atoms with E-state index in [1.807, 2.05) is 12.3 Å². The van der Waals surface area contributed by atoms with E-state index in [0.29, 0.717) is 0 Å². The van der Waals surface area contributed by atoms with Crippen LogP contribution in [0.15, 0.2) is 11.6 Å². The van der Waals surface area contributed by atoms with Crippen LogP contribution in [0.3, 0.4) is 0 Å². The number of thiazole rings is 1. The average Bonchev–Trinajstić information content (AvgIpc) is 2.78. The van der Waals surface area contributed by atoms with Crippen LogP contribution in [0.1, 0.15) is 25.3 Å². The maximum Gasteiger partial charge on any atom is 0.332 e. The van der Waals surface area contributed by atoms with Crippen LogP contribution >= 0.6 is 11.3 Å². The number of esters is 1. The molecule has 5 heteroatoms. The Labute approximate surface area is 93.7 Å². The normalized spacial score (nSPS) is 14.6. The number of methoxy groups -OCH3 is 1. The van der Waals surface area contributed by atoms with Crippen molar-refractivity contribution < 1.29 is 9.53 Å². The lowest BCUT2D eigenvalue weighted by atomic mass is 10.0. The summed E-state index contributed by atoms with van der Waals surface area (Å²) in [6, 6.07) is 0. The number of rotatable bonds is 5. The molecule has 1 atom stereocenters. The fourth-order valence-electron chi connectivity index (χ4n) is 1.28. The van der Waals surface area contributed by atoms with Crippen LogP contribution in [0.25, 0.3) is 0 Å². The third kappa shape index (κ3) is 2.54. The molecule has 84 valence electrons. The summed E-state index contributed by atoms with van der Waals surface area (Å²) in [5, 5.41) is 5.76. The van der Waals surface area contributed by atoms with Gasteiger partial charge in [0, 0.05) is 11.6 Å². The predicted molar refractivity (Wildman–Crippen MR) is 59.8 cm³/mol. The largest absolute Gasteiger partial charge is 0.467 e. The fraction of sp³-hybridized carbons (Fsp3) is 0.600. The lowest BCUT2D eigenvalue weighted by Gasteiger charge is -2.25. The van der Waals surface area contributed by atoms with Crippen molar-refractivity contribution in [2.45, 2.75) is 25.8 Å². The molecule has 0 radical (unpaired) electrons. The van der Waals surface area contributed by atoms with E-state index >= 15 is 0 Å². The van der Waals surface area contributed by atoms with Crippen molar-refractivity contribution in [3.05, 3.63) is 16.6 Å². The van der Waals surface area contributed by atoms with E-state index in [2.05, 4.69) is 10.3 Å². The first kappa shape index (κ1) is 12.1. The van der Waals surface area contributed by atoms with E-state index in [0.717, 1.165) is 18.0 Å². The number of aromatic nitrogens is 1. The van der Waals surface area contributed by atoms with E-state index in [-0.39, 0.29) is 5.97 Å². The maximum atomic E-state index is 11.7. The quantitative estimate of drug-likeness (QED) is 0.777. The Bertz CT molecular complexity index is 313. The van der Waals surface area contributed by atoms with Crippen molar-refractivity contribution in [1.82, 2.24) is 10.3 Å². The summed E-state index contributed by atoms with van der Waals surface area (Å²) >= 11 is 1.45. The fourth-order valence-corrected chi connectivity index (χ4v) is 2.05. The lowest BCUT2D eigenvalue weighted by Crippen LogP contribution is -2.47. The number of carbonyl (C=O) groups is 1. The number of ether oxygens (including phenoxy) is 1. The van der Waals surface area contributed by atoms with Gasteiger partial charge in [0.05, 0.1) is 7.11 Å². The number of carbonyl (C=O) groups excluding carboxylic acids is 1. The minimum absolute atomic E-state index is 0.300. The number of nitrogens with one attached hydrogen (secondary N) is 1. The first-order chi connectivity index (χ1) is 7.15. The van der Waals surface area contributed by atoms with Crippen LogP contribution in [0, 0.1) is 0 Å². The summed E-state index contributed by atoms with van der Waals surface area (Å²) in [6.45, 7) is 4.60. The molecule has 0 aliphatic rings. The zero-order valence-corrected chi connectivity index (χ0v) is 10.1. The van der Waals surface area contributed by atoms with Crippen molar-refractivity contribution >= 4 is 17.3 Å². The van der Waals surface area contributed by atoms with Gasteiger partial charge < -0.3 is 4.74 Å². The third-order valence-electron chi connectivity index (χ3n) is 2.18. The maximum absolute atomic E-state index is 11.7. The van der Waals surface area contributed by atoms with Gasteiger partial charge in [-0.2, -0.15) is 0 Å². The Morgan fingerprint density at radius 1 is 1.73 bits per heavy atom. The topological polar surface area (TPSA) is 51.2 Å². The van der Waals surface area contributed by atoms with Gasteiger partial charge in [0.1, 0.15) is 5.01 Å². The van der Waals surface area contributed by atoms with Gasteiger partial charge in [0.25, 0.3) is 0 Å². The average molecular weight is 228 g/mol. The first-order valence-electron chi connectivity index (χ1n) is 4.88. The van der Waals surface area contributed by atoms with Crippen LogP contribution in [0.5, 0.6) is 0 Å². The van der Waals surface area contributed by atoms with Gasteiger partial charge in [0.15, 0.2) is 5.54 Å². The van der Waals surface area contributed by atoms with Gasteiger partial charge in [-0.05, 0) is 19.9 Å². The van der Waals surface area contributed by atoms with Gasteiger partial charge >= 0.3 is 5.97 Å². The van der Waals surface area contributed by atoms with Crippen molar-refractivity contribution in [2.75, 3.05) is 13.7 Å². The molecule has 0 aromatic carbocycles. The molecule has 0 aliphatic heterocycles. The second kappa shape index (κ2) is 5.23. The predicted octanol–water partition coefficient (Wildman–Crippen LogP) is 1.53. The van der Waals surface area contributed by atoms with Gasteiger partial charge in [-0.1, -0.05) is 6.92 Å². The lowest BCUT2D eigenvalue weighted by molar-refractivity contribution is -0.148. The standard InChI is InChI=1S/C10H16N2O2S/c1-4-5-12-10(2,9(13)14-3)8-11-6-7-15-8/h6-7,12H,4-5H2,1-3H3. The molecular formula is C10H16N2O2S. The van der Waals surface area contributed by atoms with Crippen LogP contribution in [-0.2, 0) is 15.1 Å². The van der Waals surface area contributed by atoms with E-state index in [9.17, 15) is 4.79 Å². The Kier molecular flexibility index (Phi) is 4.23. The smallest absolute Gasteiger partial charge is 0.332 e. The Hall–Kier alpha value is -0.940. The molecule has 1 unspecified atom stereocenters. The summed E-state index contributed by atoms with van der Waals surface area (Å²) in [5.74, 6) is -0.300. The summed E-state index contributed by atoms with van der Waals surface area (Å²) in [6.07, 6.45) is 2.65. The van der Waals surface area contributed by atoms with E-state index in [1.54, 1.807) is 13.1 Å². The number of hydrogen-bond acceptors (Lipinski definition) is 5. The Morgan fingerprint density at radius 3 is 2.93 bits per heavy atom. The molecule has 0 amide bonds. The summed E-state index contributed by atoms with van der Waals surface area (Å²) in [4.78, 5) is 15.9. The molecule has 1 rings (SSSR count). The van der Waals surface area contributed by atoms with Crippen molar-refractivity contribution in [1.29, 1.82) is 0 Å². The second-order valence-electron chi connectivity index (χ2n) is 3.38. The minimum Gasteiger partial charge on any atom is -0.467 e. The zero-order valence-electron chi connectivity index (χ0n) is 9.24. The summed E-state index contributed by atoms with van der Waals surface area (Å²) < 4.78 is 4.80. The number of hydrogen-bond donors (Lipinski definition) is 1. The molecule has 1 N–H and O–H groups in total. The van der Waals surface area contributed by atoms with E-state index < -0.39 is 5.54 Å². The third-order valence-corrected chi connectivity index (χ3v) is 3.18. The summed E-state index contributed by atoms with van der Waals surface area (Å²) in [7, 11) is 1.39. The highest BCUT2D eigenvalue weighted by molar-refractivity contribution is 7.09. The molecule has 0 saturated heterocycles. The molecule has 1 aromatic rings. The molecular weight excluding hydrogens is 212 g/mol. The van der Waals surface area contributed by atoms with Gasteiger partial charge in [-0.25, -0.2) is 9.78 Å². The SMILES string of the molecule is CCCNC(C)(C(=O)OC)c1nccs1. The van der Waals surface area contributed by atoms with Crippen LogP contribution in [-0.4, -0.2) is 24.6 Å². The number of nitrogens with zero attached hydrogens (tertiary/aromatic N) is 1. The van der Waals surface area contributed by atoms with Gasteiger partial charge in [-0.15, -0.1) is 11.3 Å². The van der Waals surface area contributed by atoms with Crippen molar-refractivity contribution in [3.8, 4) is 0 Å². The molecule has 1 aromatic heterocycles. The van der Waals surface area contributed by atoms with Gasteiger partial charge in [0.2, 0.25) is 0 Å². The van der Waals surface area contributed by atoms with E-state index in [1.165, 1.54) is 18.4 Å². The van der Waals surface area contributed by atoms with Crippen LogP contribution in [0.2, 0.25) is 0 Å². The van der Waals surface area contributed by atoms with Gasteiger partial charge in [-0.3, -0.25) is 5.32 Å². The minimum atomic E-state index is -0.821. The summed E-state index contributed by atoms with van der Waals surface area (Å²) in [5.41, 5.74) is -0.821. The Balaban J connectivity index is 2.91. The zero-order chi connectivity index (χ0) is 11.3. The molecule has 0 fully saturated rings. The second-order valence-corrected chi connectivity index (χ2v) is 4.28. The highest BCUT2D eigenvalue weighted by Crippen LogP contribution is 2.24. The van der Waals surface area contributed by atoms with E-state index in [4.69, 9.17) is 4.74 Å².